The van der Waals surface area contributed by atoms with E-state index in [9.17, 15) is 14.4 Å². The second-order valence-corrected chi connectivity index (χ2v) is 6.00. The van der Waals surface area contributed by atoms with Crippen LogP contribution in [0.1, 0.15) is 32.4 Å². The fraction of sp³-hybridized carbons (Fsp3) is 0.143. The van der Waals surface area contributed by atoms with Crippen molar-refractivity contribution in [3.05, 3.63) is 83.6 Å². The SMILES string of the molecule is Cc1ncc(CC(=O)NCC(=O)c2ccc(OC(=O)c3ccccc3)cc2)o1. The number of aryl methyl sites for hydroxylation is 1. The largest absolute Gasteiger partial charge is 0.446 e. The Hall–Kier alpha value is -3.74. The maximum absolute atomic E-state index is 12.2. The molecule has 1 aromatic heterocycles. The van der Waals surface area contributed by atoms with Gasteiger partial charge in [0.2, 0.25) is 5.91 Å². The smallest absolute Gasteiger partial charge is 0.343 e. The molecule has 0 saturated heterocycles. The average molecular weight is 378 g/mol. The Bertz CT molecular complexity index is 978. The van der Waals surface area contributed by atoms with Crippen LogP contribution in [0.25, 0.3) is 0 Å². The van der Waals surface area contributed by atoms with E-state index in [-0.39, 0.29) is 24.7 Å². The zero-order valence-corrected chi connectivity index (χ0v) is 15.2. The molecule has 0 radical (unpaired) electrons. The van der Waals surface area contributed by atoms with Crippen molar-refractivity contribution < 1.29 is 23.5 Å². The van der Waals surface area contributed by atoms with Crippen molar-refractivity contribution in [2.75, 3.05) is 6.54 Å². The minimum absolute atomic E-state index is 0.0164. The average Bonchev–Trinajstić information content (AvgIpc) is 3.12. The van der Waals surface area contributed by atoms with Crippen molar-refractivity contribution in [1.29, 1.82) is 0 Å². The van der Waals surface area contributed by atoms with E-state index >= 15 is 0 Å². The van der Waals surface area contributed by atoms with Gasteiger partial charge in [-0.3, -0.25) is 9.59 Å². The van der Waals surface area contributed by atoms with Crippen LogP contribution in [0.15, 0.2) is 65.2 Å². The number of hydrogen-bond donors (Lipinski definition) is 1. The van der Waals surface area contributed by atoms with Crippen molar-refractivity contribution in [1.82, 2.24) is 10.3 Å². The van der Waals surface area contributed by atoms with E-state index in [2.05, 4.69) is 10.3 Å². The molecule has 3 rings (SSSR count). The minimum atomic E-state index is -0.477. The van der Waals surface area contributed by atoms with Gasteiger partial charge in [-0.25, -0.2) is 9.78 Å². The van der Waals surface area contributed by atoms with Crippen LogP contribution in [0, 0.1) is 6.92 Å². The molecule has 7 heteroatoms. The Kier molecular flexibility index (Phi) is 5.96. The second-order valence-electron chi connectivity index (χ2n) is 6.00. The first-order valence-corrected chi connectivity index (χ1v) is 8.60. The van der Waals surface area contributed by atoms with E-state index in [0.29, 0.717) is 28.5 Å². The van der Waals surface area contributed by atoms with Gasteiger partial charge in [0.05, 0.1) is 24.7 Å². The molecule has 28 heavy (non-hydrogen) atoms. The molecule has 1 amide bonds. The number of nitrogens with zero attached hydrogens (tertiary/aromatic N) is 1. The highest BCUT2D eigenvalue weighted by atomic mass is 16.5. The number of aromatic nitrogens is 1. The van der Waals surface area contributed by atoms with E-state index < -0.39 is 5.97 Å². The summed E-state index contributed by atoms with van der Waals surface area (Å²) in [5.41, 5.74) is 0.836. The summed E-state index contributed by atoms with van der Waals surface area (Å²) < 4.78 is 10.5. The molecule has 3 aromatic rings. The summed E-state index contributed by atoms with van der Waals surface area (Å²) in [6.07, 6.45) is 1.49. The number of carbonyl (C=O) groups excluding carboxylic acids is 3. The molecule has 0 unspecified atom stereocenters. The number of carbonyl (C=O) groups is 3. The molecule has 0 bridgehead atoms. The van der Waals surface area contributed by atoms with Crippen LogP contribution >= 0.6 is 0 Å². The summed E-state index contributed by atoms with van der Waals surface area (Å²) >= 11 is 0. The monoisotopic (exact) mass is 378 g/mol. The predicted molar refractivity (Wildman–Crippen MR) is 100 cm³/mol. The molecule has 0 fully saturated rings. The molecule has 7 nitrogen and oxygen atoms in total. The van der Waals surface area contributed by atoms with E-state index in [1.54, 1.807) is 43.3 Å². The number of ketones is 1. The van der Waals surface area contributed by atoms with Crippen molar-refractivity contribution >= 4 is 17.7 Å². The zero-order chi connectivity index (χ0) is 19.9. The number of hydrogen-bond acceptors (Lipinski definition) is 6. The third-order valence-electron chi connectivity index (χ3n) is 3.85. The fourth-order valence-electron chi connectivity index (χ4n) is 2.44. The Morgan fingerprint density at radius 2 is 1.71 bits per heavy atom. The van der Waals surface area contributed by atoms with Gasteiger partial charge in [-0.05, 0) is 36.4 Å². The highest BCUT2D eigenvalue weighted by molar-refractivity contribution is 5.99. The molecule has 1 N–H and O–H groups in total. The van der Waals surface area contributed by atoms with Crippen LogP contribution < -0.4 is 10.1 Å². The van der Waals surface area contributed by atoms with Crippen LogP contribution in [0.2, 0.25) is 0 Å². The third-order valence-corrected chi connectivity index (χ3v) is 3.85. The Morgan fingerprint density at radius 1 is 1.00 bits per heavy atom. The highest BCUT2D eigenvalue weighted by Gasteiger charge is 2.12. The lowest BCUT2D eigenvalue weighted by molar-refractivity contribution is -0.120. The van der Waals surface area contributed by atoms with Gasteiger partial charge in [-0.15, -0.1) is 0 Å². The molecule has 142 valence electrons. The summed E-state index contributed by atoms with van der Waals surface area (Å²) in [7, 11) is 0. The molecular formula is C21H18N2O5. The molecule has 1 heterocycles. The van der Waals surface area contributed by atoms with Gasteiger partial charge in [0.25, 0.3) is 0 Å². The summed E-state index contributed by atoms with van der Waals surface area (Å²) in [6, 6.07) is 14.8. The second kappa shape index (κ2) is 8.77. The van der Waals surface area contributed by atoms with Crippen LogP contribution in [0.4, 0.5) is 0 Å². The third kappa shape index (κ3) is 5.14. The van der Waals surface area contributed by atoms with Gasteiger partial charge in [0, 0.05) is 12.5 Å². The fourth-order valence-corrected chi connectivity index (χ4v) is 2.44. The van der Waals surface area contributed by atoms with Gasteiger partial charge in [0.1, 0.15) is 11.5 Å². The number of benzene rings is 2. The number of rotatable bonds is 7. The van der Waals surface area contributed by atoms with Crippen LogP contribution in [-0.2, 0) is 11.2 Å². The van der Waals surface area contributed by atoms with E-state index in [1.807, 2.05) is 6.07 Å². The molecule has 0 aliphatic rings. The molecule has 0 atom stereocenters. The summed E-state index contributed by atoms with van der Waals surface area (Å²) in [5.74, 6) is 0.171. The molecule has 2 aromatic carbocycles. The first-order valence-electron chi connectivity index (χ1n) is 8.60. The van der Waals surface area contributed by atoms with Crippen LogP contribution in [0.3, 0.4) is 0 Å². The van der Waals surface area contributed by atoms with Crippen molar-refractivity contribution in [2.45, 2.75) is 13.3 Å². The van der Waals surface area contributed by atoms with Gasteiger partial charge < -0.3 is 14.5 Å². The molecular weight excluding hydrogens is 360 g/mol. The zero-order valence-electron chi connectivity index (χ0n) is 15.2. The molecule has 0 aliphatic carbocycles. The highest BCUT2D eigenvalue weighted by Crippen LogP contribution is 2.14. The minimum Gasteiger partial charge on any atom is -0.446 e. The number of nitrogens with one attached hydrogen (secondary N) is 1. The summed E-state index contributed by atoms with van der Waals surface area (Å²) in [4.78, 5) is 40.0. The van der Waals surface area contributed by atoms with Crippen molar-refractivity contribution in [3.63, 3.8) is 0 Å². The first kappa shape index (κ1) is 19.0. The Morgan fingerprint density at radius 3 is 2.36 bits per heavy atom. The quantitative estimate of drug-likeness (QED) is 0.386. The summed E-state index contributed by atoms with van der Waals surface area (Å²) in [6.45, 7) is 1.54. The van der Waals surface area contributed by atoms with E-state index in [4.69, 9.17) is 9.15 Å². The maximum atomic E-state index is 12.2. The first-order chi connectivity index (χ1) is 13.5. The Balaban J connectivity index is 1.50. The van der Waals surface area contributed by atoms with E-state index in [0.717, 1.165) is 0 Å². The predicted octanol–water partition coefficient (Wildman–Crippen LogP) is 2.74. The normalized spacial score (nSPS) is 10.3. The van der Waals surface area contributed by atoms with E-state index in [1.165, 1.54) is 18.3 Å². The number of oxazole rings is 1. The van der Waals surface area contributed by atoms with Crippen LogP contribution in [-0.4, -0.2) is 29.2 Å². The summed E-state index contributed by atoms with van der Waals surface area (Å²) in [5, 5.41) is 2.55. The number of Topliss-reactive ketones (excluding diaryl/α,β-unsaturated/α-hetero) is 1. The number of amides is 1. The topological polar surface area (TPSA) is 98.5 Å². The lowest BCUT2D eigenvalue weighted by Crippen LogP contribution is -2.30. The lowest BCUT2D eigenvalue weighted by atomic mass is 10.1. The lowest BCUT2D eigenvalue weighted by Gasteiger charge is -2.06. The number of esters is 1. The molecule has 0 aliphatic heterocycles. The van der Waals surface area contributed by atoms with Crippen LogP contribution in [0.5, 0.6) is 5.75 Å². The standard InChI is InChI=1S/C21H18N2O5/c1-14-22-12-18(27-14)11-20(25)23-13-19(24)15-7-9-17(10-8-15)28-21(26)16-5-3-2-4-6-16/h2-10,12H,11,13H2,1H3,(H,23,25). The number of ether oxygens (including phenoxy) is 1. The van der Waals surface area contributed by atoms with Gasteiger partial charge >= 0.3 is 5.97 Å². The maximum Gasteiger partial charge on any atom is 0.343 e. The van der Waals surface area contributed by atoms with Crippen molar-refractivity contribution in [2.24, 2.45) is 0 Å². The molecule has 0 saturated carbocycles. The van der Waals surface area contributed by atoms with Gasteiger partial charge in [-0.1, -0.05) is 18.2 Å². The van der Waals surface area contributed by atoms with Gasteiger partial charge in [0.15, 0.2) is 11.7 Å². The van der Waals surface area contributed by atoms with Gasteiger partial charge in [-0.2, -0.15) is 0 Å². The Labute approximate surface area is 161 Å². The van der Waals surface area contributed by atoms with Crippen molar-refractivity contribution in [3.8, 4) is 5.75 Å². The molecule has 0 spiro atoms.